The zero-order valence-electron chi connectivity index (χ0n) is 37.8. The highest BCUT2D eigenvalue weighted by Gasteiger charge is 2.51. The number of rotatable bonds is 20. The molecule has 0 radical (unpaired) electrons. The summed E-state index contributed by atoms with van der Waals surface area (Å²) in [5.74, 6) is -3.22. The van der Waals surface area contributed by atoms with Crippen LogP contribution in [0.15, 0.2) is 150 Å². The van der Waals surface area contributed by atoms with Crippen LogP contribution in [0.2, 0.25) is 0 Å². The summed E-state index contributed by atoms with van der Waals surface area (Å²) in [4.78, 5) is 51.5. The maximum Gasteiger partial charge on any atom is 0.315 e. The van der Waals surface area contributed by atoms with Gasteiger partial charge in [0.15, 0.2) is 11.5 Å². The Morgan fingerprint density at radius 2 is 1.35 bits per heavy atom. The van der Waals surface area contributed by atoms with Gasteiger partial charge in [-0.3, -0.25) is 34.6 Å². The van der Waals surface area contributed by atoms with Gasteiger partial charge in [-0.25, -0.2) is 0 Å². The van der Waals surface area contributed by atoms with Crippen LogP contribution in [-0.4, -0.2) is 96.5 Å². The van der Waals surface area contributed by atoms with Gasteiger partial charge >= 0.3 is 11.9 Å². The monoisotopic (exact) mass is 882 g/mol. The number of benzene rings is 5. The molecule has 5 atom stereocenters. The fourth-order valence-corrected chi connectivity index (χ4v) is 9.02. The highest BCUT2D eigenvalue weighted by molar-refractivity contribution is 6.05. The minimum atomic E-state index is -1.09. The van der Waals surface area contributed by atoms with Crippen molar-refractivity contribution in [3.63, 3.8) is 0 Å². The van der Waals surface area contributed by atoms with Crippen molar-refractivity contribution >= 4 is 29.6 Å². The zero-order chi connectivity index (χ0) is 46.6. The lowest BCUT2D eigenvalue weighted by Crippen LogP contribution is -2.61. The molecule has 5 aromatic rings. The van der Waals surface area contributed by atoms with E-state index in [2.05, 4.69) is 55.1 Å². The van der Waals surface area contributed by atoms with Crippen LogP contribution in [0.1, 0.15) is 62.8 Å². The minimum Gasteiger partial charge on any atom is -0.493 e. The summed E-state index contributed by atoms with van der Waals surface area (Å²) < 4.78 is 22.9. The number of aliphatic hydroxyl groups excluding tert-OH is 1. The van der Waals surface area contributed by atoms with Gasteiger partial charge in [-0.05, 0) is 69.0 Å². The first-order valence-electron chi connectivity index (χ1n) is 21.9. The average molecular weight is 883 g/mol. The summed E-state index contributed by atoms with van der Waals surface area (Å²) in [6.45, 7) is 9.53. The molecule has 65 heavy (non-hydrogen) atoms. The van der Waals surface area contributed by atoms with Crippen molar-refractivity contribution in [1.82, 2.24) is 4.90 Å². The quantitative estimate of drug-likeness (QED) is 0.0264. The largest absolute Gasteiger partial charge is 0.493 e. The van der Waals surface area contributed by atoms with Gasteiger partial charge in [0.05, 0.1) is 49.3 Å². The molecule has 6 rings (SSSR count). The molecule has 1 aliphatic rings. The molecule has 1 aliphatic heterocycles. The summed E-state index contributed by atoms with van der Waals surface area (Å²) in [5.41, 5.74) is 1.59. The lowest BCUT2D eigenvalue weighted by molar-refractivity contribution is -0.384. The van der Waals surface area contributed by atoms with E-state index in [1.165, 1.54) is 18.2 Å². The Morgan fingerprint density at radius 3 is 1.89 bits per heavy atom. The maximum atomic E-state index is 14.1. The van der Waals surface area contributed by atoms with Crippen LogP contribution in [-0.2, 0) is 24.6 Å². The highest BCUT2D eigenvalue weighted by Crippen LogP contribution is 2.47. The lowest BCUT2D eigenvalue weighted by atomic mass is 9.70. The van der Waals surface area contributed by atoms with Gasteiger partial charge in [-0.15, -0.1) is 0 Å². The van der Waals surface area contributed by atoms with Crippen LogP contribution in [0.4, 0.5) is 5.69 Å². The van der Waals surface area contributed by atoms with Crippen LogP contribution < -0.4 is 9.47 Å². The van der Waals surface area contributed by atoms with E-state index in [0.29, 0.717) is 22.8 Å². The minimum absolute atomic E-state index is 0.0530. The molecule has 1 heterocycles. The number of para-hydroxylation sites is 2. The van der Waals surface area contributed by atoms with Crippen molar-refractivity contribution in [2.75, 3.05) is 40.0 Å². The number of nitrogens with zero attached hydrogens (tertiary/aromatic N) is 4. The highest BCUT2D eigenvalue weighted by atomic mass is 16.6. The van der Waals surface area contributed by atoms with Crippen LogP contribution in [0, 0.1) is 22.0 Å². The SMILES string of the molecule is CCOC(=O)C1C(C)=NC(C=NCC(C)(C)N(CC(O)COc2ccccc2OC)C(c2ccccc2)(c2ccccc2)c2ccccc2)C(C(=O)OCC)C1c1cccc([N+](=O)[O-])c1. The number of hydrogen-bond acceptors (Lipinski definition) is 12. The summed E-state index contributed by atoms with van der Waals surface area (Å²) in [5, 5.41) is 24.1. The molecule has 13 heteroatoms. The molecule has 0 spiro atoms. The van der Waals surface area contributed by atoms with E-state index in [4.69, 9.17) is 28.9 Å². The molecule has 340 valence electrons. The van der Waals surface area contributed by atoms with Crippen molar-refractivity contribution < 1.29 is 38.6 Å². The molecule has 0 saturated heterocycles. The molecular weight excluding hydrogens is 825 g/mol. The van der Waals surface area contributed by atoms with Gasteiger partial charge in [-0.1, -0.05) is 115 Å². The number of nitro groups is 1. The molecular formula is C52H58N4O9. The van der Waals surface area contributed by atoms with Gasteiger partial charge in [-0.2, -0.15) is 0 Å². The lowest BCUT2D eigenvalue weighted by Gasteiger charge is -2.53. The van der Waals surface area contributed by atoms with Gasteiger partial charge < -0.3 is 24.1 Å². The number of aliphatic imine (C=N–C) groups is 2. The molecule has 0 aromatic heterocycles. The molecule has 0 aliphatic carbocycles. The van der Waals surface area contributed by atoms with Crippen LogP contribution in [0.25, 0.3) is 0 Å². The Balaban J connectivity index is 1.48. The van der Waals surface area contributed by atoms with E-state index in [0.717, 1.165) is 16.7 Å². The molecule has 1 N–H and O–H groups in total. The smallest absolute Gasteiger partial charge is 0.315 e. The third-order valence-corrected chi connectivity index (χ3v) is 11.8. The Hall–Kier alpha value is -6.70. The van der Waals surface area contributed by atoms with E-state index in [-0.39, 0.29) is 38.6 Å². The Kier molecular flexibility index (Phi) is 16.0. The number of carbonyl (C=O) groups is 2. The zero-order valence-corrected chi connectivity index (χ0v) is 37.8. The maximum absolute atomic E-state index is 14.1. The predicted molar refractivity (Wildman–Crippen MR) is 251 cm³/mol. The van der Waals surface area contributed by atoms with Crippen molar-refractivity contribution in [2.24, 2.45) is 21.8 Å². The topological polar surface area (TPSA) is 162 Å². The molecule has 0 saturated carbocycles. The van der Waals surface area contributed by atoms with E-state index < -0.39 is 57.8 Å². The third-order valence-electron chi connectivity index (χ3n) is 11.8. The summed E-state index contributed by atoms with van der Waals surface area (Å²) in [7, 11) is 1.57. The van der Waals surface area contributed by atoms with Gasteiger partial charge in [0.25, 0.3) is 5.69 Å². The normalized spacial score (nSPS) is 18.1. The van der Waals surface area contributed by atoms with E-state index in [9.17, 15) is 24.8 Å². The number of nitro benzene ring substituents is 1. The van der Waals surface area contributed by atoms with E-state index in [1.807, 2.05) is 66.7 Å². The van der Waals surface area contributed by atoms with Gasteiger partial charge in [0.2, 0.25) is 0 Å². The van der Waals surface area contributed by atoms with Gasteiger partial charge in [0, 0.05) is 42.1 Å². The number of aliphatic hydroxyl groups is 1. The molecule has 0 amide bonds. The fourth-order valence-electron chi connectivity index (χ4n) is 9.02. The fraction of sp³-hybridized carbons (Fsp3) is 0.346. The summed E-state index contributed by atoms with van der Waals surface area (Å²) >= 11 is 0. The molecule has 0 bridgehead atoms. The number of ether oxygens (including phenoxy) is 4. The Bertz CT molecular complexity index is 2330. The van der Waals surface area contributed by atoms with Crippen molar-refractivity contribution in [2.45, 2.75) is 63.8 Å². The first kappa shape index (κ1) is 47.8. The Labute approximate surface area is 380 Å². The number of esters is 2. The number of methoxy groups -OCH3 is 1. The molecule has 0 fully saturated rings. The second-order valence-corrected chi connectivity index (χ2v) is 16.5. The standard InChI is InChI=1S/C52H58N4O9/c1-7-63-49(58)46-36(3)54-43(48(50(59)64-8-2)47(46)37-21-20-28-41(31-37)56(60)61)32-53-35-51(4,5)55(33-42(57)34-65-45-30-19-18-29-44(45)62-6)52(38-22-12-9-13-23-38,39-24-14-10-15-25-39)40-26-16-11-17-27-40/h9-32,42-43,46-48,57H,7-8,33-35H2,1-6H3. The molecule has 5 aromatic carbocycles. The summed E-state index contributed by atoms with van der Waals surface area (Å²) in [6, 6.07) is 42.7. The molecule has 5 unspecified atom stereocenters. The van der Waals surface area contributed by atoms with Crippen LogP contribution in [0.3, 0.4) is 0 Å². The average Bonchev–Trinajstić information content (AvgIpc) is 3.31. The number of hydrogen-bond donors (Lipinski definition) is 1. The van der Waals surface area contributed by atoms with E-state index in [1.54, 1.807) is 52.3 Å². The van der Waals surface area contributed by atoms with Crippen LogP contribution >= 0.6 is 0 Å². The second-order valence-electron chi connectivity index (χ2n) is 16.5. The first-order chi connectivity index (χ1) is 31.4. The van der Waals surface area contributed by atoms with Crippen molar-refractivity contribution in [3.8, 4) is 11.5 Å². The molecule has 13 nitrogen and oxygen atoms in total. The number of β-amino-alcohol motifs (C(OH)–C–C–N with tert-alkyl or cyclic N) is 1. The first-order valence-corrected chi connectivity index (χ1v) is 21.9. The van der Waals surface area contributed by atoms with E-state index >= 15 is 0 Å². The third kappa shape index (κ3) is 10.6. The predicted octanol–water partition coefficient (Wildman–Crippen LogP) is 8.47. The second kappa shape index (κ2) is 21.8. The summed E-state index contributed by atoms with van der Waals surface area (Å²) in [6.07, 6.45) is 0.598. The van der Waals surface area contributed by atoms with Crippen LogP contribution in [0.5, 0.6) is 11.5 Å². The van der Waals surface area contributed by atoms with Crippen molar-refractivity contribution in [3.05, 3.63) is 172 Å². The van der Waals surface area contributed by atoms with Crippen molar-refractivity contribution in [1.29, 1.82) is 0 Å². The number of carbonyl (C=O) groups excluding carboxylic acids is 2. The van der Waals surface area contributed by atoms with Gasteiger partial charge in [0.1, 0.15) is 18.6 Å². The Morgan fingerprint density at radius 1 is 0.815 bits per heavy atom. The number of non-ortho nitro benzene ring substituents is 1.